The number of H-pyrrole nitrogens is 1. The van der Waals surface area contributed by atoms with Crippen LogP contribution in [0.3, 0.4) is 0 Å². The number of phenols is 1. The number of hydrogen-bond acceptors (Lipinski definition) is 14. The van der Waals surface area contributed by atoms with Gasteiger partial charge in [0.25, 0.3) is 0 Å². The maximum atomic E-state index is 14.4. The summed E-state index contributed by atoms with van der Waals surface area (Å²) >= 11 is 0. The third-order valence-corrected chi connectivity index (χ3v) is 13.9. The first-order chi connectivity index (χ1) is 39.1. The van der Waals surface area contributed by atoms with Gasteiger partial charge in [0.2, 0.25) is 53.2 Å². The van der Waals surface area contributed by atoms with E-state index < -0.39 is 137 Å². The first-order valence-electron chi connectivity index (χ1n) is 28.4. The number of carbonyl (C=O) groups is 10. The molecular formula is C58H89N13O12. The number of aliphatic carboxylic acids is 1. The Kier molecular flexibility index (Phi) is 28.8. The van der Waals surface area contributed by atoms with Gasteiger partial charge < -0.3 is 74.5 Å². The Bertz CT molecular complexity index is 2600. The molecule has 0 aliphatic carbocycles. The SMILES string of the molecule is CC[C@H](C)[C@H](NC(=O)[C@H](CC(C)C)NC(=O)[C@@H](NC(=O)[C@H](Cc1ccc(O)cc1)NC(=O)[C@H](C)NC(=O)[C@@H](NC(=O)[C@H](Cc1cnc[nH]1)NC(=O)[C@@H](N)Cc1ccccc1)C(C)C)C(C)C)C(=O)N[C@@H](CCCCN)C(=O)N[C@@H](C)C(=O)O. The number of amides is 9. The summed E-state index contributed by atoms with van der Waals surface area (Å²) in [4.78, 5) is 144. The van der Waals surface area contributed by atoms with Crippen molar-refractivity contribution >= 4 is 59.1 Å². The van der Waals surface area contributed by atoms with E-state index in [0.29, 0.717) is 37.1 Å². The van der Waals surface area contributed by atoms with E-state index in [0.717, 1.165) is 5.56 Å². The summed E-state index contributed by atoms with van der Waals surface area (Å²) < 4.78 is 0. The minimum atomic E-state index is -1.39. The molecule has 3 rings (SSSR count). The molecular weight excluding hydrogens is 1070 g/mol. The van der Waals surface area contributed by atoms with E-state index >= 15 is 0 Å². The number of nitrogens with zero attached hydrogens (tertiary/aromatic N) is 1. The third kappa shape index (κ3) is 23.5. The highest BCUT2D eigenvalue weighted by Crippen LogP contribution is 2.16. The van der Waals surface area contributed by atoms with Crippen molar-refractivity contribution < 1.29 is 58.2 Å². The topological polar surface area (TPSA) is 400 Å². The number of carboxylic acid groups (broad SMARTS) is 1. The number of hydrogen-bond donors (Lipinski definition) is 14. The second-order valence-electron chi connectivity index (χ2n) is 22.2. The first-order valence-corrected chi connectivity index (χ1v) is 28.4. The summed E-state index contributed by atoms with van der Waals surface area (Å²) in [6.07, 6.45) is 4.52. The van der Waals surface area contributed by atoms with E-state index in [9.17, 15) is 58.2 Å². The lowest BCUT2D eigenvalue weighted by Crippen LogP contribution is -2.62. The third-order valence-electron chi connectivity index (χ3n) is 13.9. The van der Waals surface area contributed by atoms with Gasteiger partial charge >= 0.3 is 5.97 Å². The van der Waals surface area contributed by atoms with Crippen molar-refractivity contribution in [2.45, 2.75) is 181 Å². The number of nitrogens with one attached hydrogen (secondary N) is 10. The predicted molar refractivity (Wildman–Crippen MR) is 310 cm³/mol. The Hall–Kier alpha value is -7.93. The van der Waals surface area contributed by atoms with Crippen LogP contribution in [0.5, 0.6) is 5.75 Å². The molecule has 0 saturated heterocycles. The Morgan fingerprint density at radius 1 is 0.530 bits per heavy atom. The minimum absolute atomic E-state index is 0.0295. The van der Waals surface area contributed by atoms with Crippen LogP contribution >= 0.6 is 0 Å². The van der Waals surface area contributed by atoms with Gasteiger partial charge in [-0.2, -0.15) is 0 Å². The average molecular weight is 1160 g/mol. The van der Waals surface area contributed by atoms with E-state index in [-0.39, 0.29) is 43.8 Å². The van der Waals surface area contributed by atoms with Crippen molar-refractivity contribution in [2.75, 3.05) is 6.54 Å². The summed E-state index contributed by atoms with van der Waals surface area (Å²) in [7, 11) is 0. The van der Waals surface area contributed by atoms with Gasteiger partial charge in [0.15, 0.2) is 0 Å². The van der Waals surface area contributed by atoms with E-state index in [1.807, 2.05) is 44.2 Å². The Morgan fingerprint density at radius 2 is 1.01 bits per heavy atom. The van der Waals surface area contributed by atoms with Crippen LogP contribution in [0, 0.1) is 23.7 Å². The highest BCUT2D eigenvalue weighted by Gasteiger charge is 2.37. The largest absolute Gasteiger partial charge is 0.508 e. The van der Waals surface area contributed by atoms with Gasteiger partial charge in [-0.3, -0.25) is 47.9 Å². The van der Waals surface area contributed by atoms with E-state index in [2.05, 4.69) is 57.8 Å². The minimum Gasteiger partial charge on any atom is -0.508 e. The van der Waals surface area contributed by atoms with Crippen LogP contribution in [0.15, 0.2) is 67.1 Å². The predicted octanol–water partition coefficient (Wildman–Crippen LogP) is 0.491. The molecule has 25 nitrogen and oxygen atoms in total. The van der Waals surface area contributed by atoms with E-state index in [4.69, 9.17) is 11.5 Å². The van der Waals surface area contributed by atoms with Gasteiger partial charge in [-0.25, -0.2) is 4.98 Å². The number of aromatic nitrogens is 2. The fourth-order valence-corrected chi connectivity index (χ4v) is 8.70. The summed E-state index contributed by atoms with van der Waals surface area (Å²) in [5.74, 6) is -9.77. The monoisotopic (exact) mass is 1160 g/mol. The molecule has 0 saturated carbocycles. The van der Waals surface area contributed by atoms with Crippen molar-refractivity contribution in [2.24, 2.45) is 35.1 Å². The van der Waals surface area contributed by atoms with Crippen LogP contribution in [-0.4, -0.2) is 146 Å². The summed E-state index contributed by atoms with van der Waals surface area (Å²) in [6.45, 7) is 16.8. The molecule has 83 heavy (non-hydrogen) atoms. The molecule has 3 aromatic rings. The van der Waals surface area contributed by atoms with Crippen LogP contribution in [-0.2, 0) is 67.2 Å². The van der Waals surface area contributed by atoms with Gasteiger partial charge in [-0.1, -0.05) is 104 Å². The second kappa shape index (κ2) is 34.5. The van der Waals surface area contributed by atoms with Crippen molar-refractivity contribution in [1.82, 2.24) is 57.8 Å². The summed E-state index contributed by atoms with van der Waals surface area (Å²) in [5, 5.41) is 43.5. The zero-order valence-electron chi connectivity index (χ0n) is 49.4. The van der Waals surface area contributed by atoms with Gasteiger partial charge in [0, 0.05) is 24.7 Å². The molecule has 16 N–H and O–H groups in total. The normalized spacial score (nSPS) is 15.3. The highest BCUT2D eigenvalue weighted by atomic mass is 16.4. The average Bonchev–Trinajstić information content (AvgIpc) is 4.10. The molecule has 0 bridgehead atoms. The molecule has 1 heterocycles. The number of carbonyl (C=O) groups excluding carboxylic acids is 9. The Morgan fingerprint density at radius 3 is 1.54 bits per heavy atom. The van der Waals surface area contributed by atoms with Crippen LogP contribution in [0.4, 0.5) is 0 Å². The number of benzene rings is 2. The van der Waals surface area contributed by atoms with Crippen molar-refractivity contribution in [3.63, 3.8) is 0 Å². The summed E-state index contributed by atoms with van der Waals surface area (Å²) in [5.41, 5.74) is 13.7. The number of phenolic OH excluding ortho intramolecular Hbond substituents is 1. The van der Waals surface area contributed by atoms with Crippen LogP contribution in [0.25, 0.3) is 0 Å². The fourth-order valence-electron chi connectivity index (χ4n) is 8.70. The molecule has 0 unspecified atom stereocenters. The molecule has 0 aliphatic heterocycles. The van der Waals surface area contributed by atoms with Crippen LogP contribution in [0.1, 0.15) is 118 Å². The number of imidazole rings is 1. The Labute approximate surface area is 485 Å². The molecule has 0 radical (unpaired) electrons. The molecule has 458 valence electrons. The second-order valence-corrected chi connectivity index (χ2v) is 22.2. The van der Waals surface area contributed by atoms with Crippen molar-refractivity contribution in [3.8, 4) is 5.75 Å². The van der Waals surface area contributed by atoms with Gasteiger partial charge in [0.1, 0.15) is 60.1 Å². The number of carboxylic acids is 1. The lowest BCUT2D eigenvalue weighted by atomic mass is 9.95. The molecule has 11 atom stereocenters. The number of aromatic amines is 1. The van der Waals surface area contributed by atoms with Crippen molar-refractivity contribution in [3.05, 3.63) is 83.9 Å². The first kappa shape index (κ1) is 69.3. The number of aromatic hydroxyl groups is 1. The summed E-state index contributed by atoms with van der Waals surface area (Å²) in [6, 6.07) is 2.67. The molecule has 9 amide bonds. The molecule has 1 aromatic heterocycles. The maximum absolute atomic E-state index is 14.4. The van der Waals surface area contributed by atoms with Crippen LogP contribution < -0.4 is 59.3 Å². The van der Waals surface area contributed by atoms with Gasteiger partial charge in [-0.15, -0.1) is 0 Å². The molecule has 0 spiro atoms. The zero-order chi connectivity index (χ0) is 62.1. The van der Waals surface area contributed by atoms with E-state index in [1.165, 1.54) is 50.6 Å². The smallest absolute Gasteiger partial charge is 0.325 e. The van der Waals surface area contributed by atoms with Gasteiger partial charge in [0.05, 0.1) is 12.4 Å². The van der Waals surface area contributed by atoms with Crippen LogP contribution in [0.2, 0.25) is 0 Å². The quantitative estimate of drug-likeness (QED) is 0.0357. The maximum Gasteiger partial charge on any atom is 0.325 e. The lowest BCUT2D eigenvalue weighted by Gasteiger charge is -2.30. The lowest BCUT2D eigenvalue weighted by molar-refractivity contribution is -0.142. The number of nitrogens with two attached hydrogens (primary N) is 2. The van der Waals surface area contributed by atoms with Gasteiger partial charge in [-0.05, 0) is 99.4 Å². The zero-order valence-corrected chi connectivity index (χ0v) is 49.4. The number of rotatable bonds is 35. The standard InChI is InChI=1S/C58H89N13O12/c1-11-34(8)48(57(81)65-42(19-15-16-24-59)51(75)64-36(10)58(82)83)71-52(76)43(25-31(2)3)68-56(80)47(33(6)7)70-53(77)44(27-38-20-22-40(72)23-21-38)66-49(73)35(9)63-55(79)46(32(4)5)69-54(78)45(28-39-29-61-30-62-39)67-50(74)41(60)26-37-17-13-12-14-18-37/h12-14,17-18,20-23,29-36,41-48,72H,11,15-16,19,24-28,59-60H2,1-10H3,(H,61,62)(H,63,79)(H,64,75)(H,65,81)(H,66,73)(H,67,74)(H,68,80)(H,69,78)(H,70,77)(H,71,76)(H,82,83)/t34-,35-,36-,41-,42-,43-,44-,45-,46-,47-,48-/m0/s1. The fraction of sp³-hybridized carbons (Fsp3) is 0.569. The number of unbranched alkanes of at least 4 members (excludes halogenated alkanes) is 1. The molecule has 0 fully saturated rings. The molecule has 0 aliphatic rings. The highest BCUT2D eigenvalue weighted by molar-refractivity contribution is 5.98. The van der Waals surface area contributed by atoms with Crippen molar-refractivity contribution in [1.29, 1.82) is 0 Å². The van der Waals surface area contributed by atoms with E-state index in [1.54, 1.807) is 41.5 Å². The molecule has 2 aromatic carbocycles. The molecule has 25 heteroatoms. The Balaban J connectivity index is 1.83.